The van der Waals surface area contributed by atoms with Crippen LogP contribution in [-0.4, -0.2) is 14.8 Å². The molecule has 1 aromatic heterocycles. The van der Waals surface area contributed by atoms with Crippen LogP contribution in [0.25, 0.3) is 11.1 Å². The third-order valence-corrected chi connectivity index (χ3v) is 4.96. The summed E-state index contributed by atoms with van der Waals surface area (Å²) in [6, 6.07) is 26.0. The lowest BCUT2D eigenvalue weighted by Crippen LogP contribution is -2.08. The number of aromatic nitrogens is 3. The first-order chi connectivity index (χ1) is 13.7. The number of nitrogens with zero attached hydrogens (tertiary/aromatic N) is 2. The highest BCUT2D eigenvalue weighted by molar-refractivity contribution is 7.71. The van der Waals surface area contributed by atoms with Crippen molar-refractivity contribution in [1.29, 1.82) is 0 Å². The van der Waals surface area contributed by atoms with Crippen LogP contribution in [0.4, 0.5) is 0 Å². The van der Waals surface area contributed by atoms with E-state index in [1.807, 2.05) is 34.9 Å². The molecular weight excluding hydrogens is 390 g/mol. The summed E-state index contributed by atoms with van der Waals surface area (Å²) in [6.07, 6.45) is 0. The van der Waals surface area contributed by atoms with Gasteiger partial charge in [-0.25, -0.2) is 0 Å². The number of nitrogens with one attached hydrogen (secondary N) is 1. The highest BCUT2D eigenvalue weighted by atomic mass is 35.5. The summed E-state index contributed by atoms with van der Waals surface area (Å²) in [5.41, 5.74) is 3.50. The topological polar surface area (TPSA) is 42.8 Å². The first-order valence-electron chi connectivity index (χ1n) is 8.86. The zero-order valence-electron chi connectivity index (χ0n) is 15.0. The molecule has 0 saturated heterocycles. The smallest absolute Gasteiger partial charge is 0.195 e. The van der Waals surface area contributed by atoms with Gasteiger partial charge in [-0.1, -0.05) is 60.1 Å². The molecule has 28 heavy (non-hydrogen) atoms. The van der Waals surface area contributed by atoms with Gasteiger partial charge in [-0.2, -0.15) is 5.10 Å². The fourth-order valence-electron chi connectivity index (χ4n) is 2.96. The minimum absolute atomic E-state index is 0.313. The number of ether oxygens (including phenoxy) is 1. The summed E-state index contributed by atoms with van der Waals surface area (Å²) in [4.78, 5) is 0. The molecule has 4 nitrogen and oxygen atoms in total. The van der Waals surface area contributed by atoms with E-state index in [9.17, 15) is 0 Å². The van der Waals surface area contributed by atoms with Gasteiger partial charge in [0.05, 0.1) is 6.54 Å². The van der Waals surface area contributed by atoms with Gasteiger partial charge < -0.3 is 4.74 Å². The summed E-state index contributed by atoms with van der Waals surface area (Å²) >= 11 is 11.3. The van der Waals surface area contributed by atoms with Crippen molar-refractivity contribution in [2.24, 2.45) is 0 Å². The molecule has 6 heteroatoms. The van der Waals surface area contributed by atoms with Gasteiger partial charge in [0.1, 0.15) is 12.4 Å². The standard InChI is InChI=1S/C22H18ClN3OS/c23-19-9-11-20(12-10-19)27-15-21-24-25-22(28)26(21)14-16-5-4-8-18(13-16)17-6-2-1-3-7-17/h1-13H,14-15H2,(H,25,28). The van der Waals surface area contributed by atoms with E-state index in [-0.39, 0.29) is 0 Å². The van der Waals surface area contributed by atoms with E-state index in [2.05, 4.69) is 46.6 Å². The maximum Gasteiger partial charge on any atom is 0.195 e. The zero-order valence-corrected chi connectivity index (χ0v) is 16.6. The fourth-order valence-corrected chi connectivity index (χ4v) is 3.31. The molecule has 1 N–H and O–H groups in total. The van der Waals surface area contributed by atoms with Gasteiger partial charge in [0.25, 0.3) is 0 Å². The van der Waals surface area contributed by atoms with Crippen LogP contribution in [0.1, 0.15) is 11.4 Å². The van der Waals surface area contributed by atoms with Crippen molar-refractivity contribution in [3.8, 4) is 16.9 Å². The molecule has 4 aromatic rings. The molecule has 0 aliphatic rings. The largest absolute Gasteiger partial charge is 0.486 e. The van der Waals surface area contributed by atoms with E-state index in [4.69, 9.17) is 28.6 Å². The molecule has 0 spiro atoms. The molecule has 0 radical (unpaired) electrons. The van der Waals surface area contributed by atoms with E-state index in [1.165, 1.54) is 11.1 Å². The molecule has 4 rings (SSSR count). The van der Waals surface area contributed by atoms with Crippen LogP contribution in [0, 0.1) is 4.77 Å². The van der Waals surface area contributed by atoms with Crippen molar-refractivity contribution < 1.29 is 4.74 Å². The quantitative estimate of drug-likeness (QED) is 0.405. The lowest BCUT2D eigenvalue weighted by Gasteiger charge is -2.10. The summed E-state index contributed by atoms with van der Waals surface area (Å²) in [5.74, 6) is 1.47. The number of rotatable bonds is 6. The lowest BCUT2D eigenvalue weighted by atomic mass is 10.0. The van der Waals surface area contributed by atoms with Crippen molar-refractivity contribution in [3.63, 3.8) is 0 Å². The van der Waals surface area contributed by atoms with Crippen molar-refractivity contribution in [1.82, 2.24) is 14.8 Å². The first-order valence-corrected chi connectivity index (χ1v) is 9.64. The third-order valence-electron chi connectivity index (χ3n) is 4.39. The number of benzene rings is 3. The predicted octanol–water partition coefficient (Wildman–Crippen LogP) is 5.89. The van der Waals surface area contributed by atoms with Crippen molar-refractivity contribution in [2.75, 3.05) is 0 Å². The fraction of sp³-hybridized carbons (Fsp3) is 0.0909. The van der Waals surface area contributed by atoms with Crippen LogP contribution in [0.2, 0.25) is 5.02 Å². The van der Waals surface area contributed by atoms with E-state index in [0.717, 1.165) is 17.1 Å². The van der Waals surface area contributed by atoms with Gasteiger partial charge in [0, 0.05) is 5.02 Å². The van der Waals surface area contributed by atoms with E-state index in [1.54, 1.807) is 12.1 Å². The van der Waals surface area contributed by atoms with Crippen LogP contribution in [-0.2, 0) is 13.2 Å². The van der Waals surface area contributed by atoms with Crippen LogP contribution < -0.4 is 4.74 Å². The van der Waals surface area contributed by atoms with Crippen LogP contribution in [0.5, 0.6) is 5.75 Å². The molecule has 0 fully saturated rings. The monoisotopic (exact) mass is 407 g/mol. The zero-order chi connectivity index (χ0) is 19.3. The molecule has 0 bridgehead atoms. The first kappa shape index (κ1) is 18.5. The summed E-state index contributed by atoms with van der Waals surface area (Å²) < 4.78 is 8.35. The minimum atomic E-state index is 0.313. The van der Waals surface area contributed by atoms with Crippen LogP contribution in [0.15, 0.2) is 78.9 Å². The second kappa shape index (κ2) is 8.42. The van der Waals surface area contributed by atoms with Crippen molar-refractivity contribution >= 4 is 23.8 Å². The number of hydrogen-bond donors (Lipinski definition) is 1. The molecule has 1 heterocycles. The second-order valence-electron chi connectivity index (χ2n) is 6.34. The highest BCUT2D eigenvalue weighted by Crippen LogP contribution is 2.21. The van der Waals surface area contributed by atoms with Gasteiger partial charge >= 0.3 is 0 Å². The Bertz CT molecular complexity index is 1120. The minimum Gasteiger partial charge on any atom is -0.486 e. The maximum absolute atomic E-state index is 5.91. The Morgan fingerprint density at radius 1 is 0.929 bits per heavy atom. The van der Waals surface area contributed by atoms with Crippen molar-refractivity contribution in [2.45, 2.75) is 13.2 Å². The van der Waals surface area contributed by atoms with E-state index < -0.39 is 0 Å². The summed E-state index contributed by atoms with van der Waals surface area (Å²) in [7, 11) is 0. The number of aromatic amines is 1. The average molecular weight is 408 g/mol. The molecule has 0 unspecified atom stereocenters. The van der Waals surface area contributed by atoms with Crippen molar-refractivity contribution in [3.05, 3.63) is 100 Å². The van der Waals surface area contributed by atoms with Gasteiger partial charge in [0.2, 0.25) is 0 Å². The van der Waals surface area contributed by atoms with Crippen LogP contribution >= 0.6 is 23.8 Å². The molecule has 0 atom stereocenters. The van der Waals surface area contributed by atoms with Crippen LogP contribution in [0.3, 0.4) is 0 Å². The SMILES string of the molecule is S=c1[nH]nc(COc2ccc(Cl)cc2)n1Cc1cccc(-c2ccccc2)c1. The number of H-pyrrole nitrogens is 1. The molecule has 3 aromatic carbocycles. The Kier molecular flexibility index (Phi) is 5.55. The Morgan fingerprint density at radius 2 is 1.68 bits per heavy atom. The van der Waals surface area contributed by atoms with Gasteiger partial charge in [0.15, 0.2) is 10.6 Å². The Morgan fingerprint density at radius 3 is 2.46 bits per heavy atom. The van der Waals surface area contributed by atoms with Gasteiger partial charge in [-0.05, 0) is 59.2 Å². The summed E-state index contributed by atoms with van der Waals surface area (Å²) in [5, 5.41) is 7.86. The lowest BCUT2D eigenvalue weighted by molar-refractivity contribution is 0.290. The molecule has 0 aliphatic heterocycles. The predicted molar refractivity (Wildman–Crippen MR) is 114 cm³/mol. The Balaban J connectivity index is 1.53. The number of halogens is 1. The molecular formula is C22H18ClN3OS. The Labute approximate surface area is 173 Å². The molecule has 140 valence electrons. The maximum atomic E-state index is 5.91. The van der Waals surface area contributed by atoms with E-state index >= 15 is 0 Å². The molecule has 0 aliphatic carbocycles. The van der Waals surface area contributed by atoms with Gasteiger partial charge in [-0.3, -0.25) is 9.67 Å². The third kappa shape index (κ3) is 4.32. The Hall–Kier alpha value is -2.89. The normalized spacial score (nSPS) is 10.8. The number of hydrogen-bond acceptors (Lipinski definition) is 3. The molecule has 0 amide bonds. The van der Waals surface area contributed by atoms with Gasteiger partial charge in [-0.15, -0.1) is 0 Å². The highest BCUT2D eigenvalue weighted by Gasteiger charge is 2.09. The average Bonchev–Trinajstić information content (AvgIpc) is 3.08. The molecule has 0 saturated carbocycles. The van der Waals surface area contributed by atoms with E-state index in [0.29, 0.717) is 22.9 Å². The second-order valence-corrected chi connectivity index (χ2v) is 7.16. The summed E-state index contributed by atoms with van der Waals surface area (Å²) in [6.45, 7) is 0.933.